The molecule has 8 aromatic rings. The Morgan fingerprint density at radius 2 is 0.929 bits per heavy atom. The summed E-state index contributed by atoms with van der Waals surface area (Å²) in [5.74, 6) is 0. The Hall–Kier alpha value is -6.10. The van der Waals surface area contributed by atoms with Gasteiger partial charge in [-0.25, -0.2) is 0 Å². The van der Waals surface area contributed by atoms with Gasteiger partial charge in [-0.2, -0.15) is 10.5 Å². The molecule has 4 nitrogen and oxygen atoms in total. The van der Waals surface area contributed by atoms with E-state index in [1.807, 2.05) is 54.6 Å². The Labute approximate surface area is 240 Å². The molecule has 0 amide bonds. The SMILES string of the molecule is N#Cc1ccc(-c2cc(-c3cccc4c3oc3ccccc34)cc(-c3cccc4c3oc3ccccc34)c2)c(C#N)c1. The van der Waals surface area contributed by atoms with Gasteiger partial charge in [-0.1, -0.05) is 78.9 Å². The minimum Gasteiger partial charge on any atom is -0.455 e. The molecule has 0 bridgehead atoms. The molecule has 0 aliphatic heterocycles. The van der Waals surface area contributed by atoms with Crippen LogP contribution in [-0.2, 0) is 0 Å². The fraction of sp³-hybridized carbons (Fsp3) is 0. The second-order valence-electron chi connectivity index (χ2n) is 10.3. The minimum atomic E-state index is 0.445. The van der Waals surface area contributed by atoms with Gasteiger partial charge in [0.1, 0.15) is 22.3 Å². The first-order valence-corrected chi connectivity index (χ1v) is 13.6. The molecule has 0 radical (unpaired) electrons. The number of furan rings is 2. The van der Waals surface area contributed by atoms with Crippen LogP contribution in [0.1, 0.15) is 11.1 Å². The molecule has 0 atom stereocenters. The van der Waals surface area contributed by atoms with Crippen LogP contribution in [-0.4, -0.2) is 0 Å². The Bertz CT molecular complexity index is 2310. The van der Waals surface area contributed by atoms with Crippen molar-refractivity contribution in [2.45, 2.75) is 0 Å². The lowest BCUT2D eigenvalue weighted by molar-refractivity contribution is 0.670. The van der Waals surface area contributed by atoms with Crippen LogP contribution in [0.25, 0.3) is 77.3 Å². The highest BCUT2D eigenvalue weighted by atomic mass is 16.3. The Morgan fingerprint density at radius 3 is 1.45 bits per heavy atom. The lowest BCUT2D eigenvalue weighted by atomic mass is 9.90. The third kappa shape index (κ3) is 3.60. The molecule has 8 rings (SSSR count). The number of nitriles is 2. The molecule has 2 heterocycles. The maximum absolute atomic E-state index is 10.0. The number of hydrogen-bond acceptors (Lipinski definition) is 4. The summed E-state index contributed by atoms with van der Waals surface area (Å²) in [5.41, 5.74) is 9.62. The fourth-order valence-corrected chi connectivity index (χ4v) is 6.00. The average molecular weight is 537 g/mol. The summed E-state index contributed by atoms with van der Waals surface area (Å²) < 4.78 is 12.8. The Kier molecular flexibility index (Phi) is 5.22. The summed E-state index contributed by atoms with van der Waals surface area (Å²) in [6, 6.07) is 44.5. The third-order valence-electron chi connectivity index (χ3n) is 7.94. The Balaban J connectivity index is 1.44. The van der Waals surface area contributed by atoms with Crippen molar-refractivity contribution in [1.82, 2.24) is 0 Å². The van der Waals surface area contributed by atoms with Gasteiger partial charge in [-0.3, -0.25) is 0 Å². The molecule has 0 spiro atoms. The van der Waals surface area contributed by atoms with Crippen molar-refractivity contribution >= 4 is 43.9 Å². The van der Waals surface area contributed by atoms with E-state index < -0.39 is 0 Å². The first kappa shape index (κ1) is 23.8. The van der Waals surface area contributed by atoms with Gasteiger partial charge in [0.2, 0.25) is 0 Å². The van der Waals surface area contributed by atoms with Crippen LogP contribution in [0, 0.1) is 22.7 Å². The quantitative estimate of drug-likeness (QED) is 0.225. The van der Waals surface area contributed by atoms with Crippen molar-refractivity contribution in [1.29, 1.82) is 10.5 Å². The first-order valence-electron chi connectivity index (χ1n) is 13.6. The van der Waals surface area contributed by atoms with Gasteiger partial charge in [0.25, 0.3) is 0 Å². The summed E-state index contributed by atoms with van der Waals surface area (Å²) in [6.07, 6.45) is 0. The molecule has 0 N–H and O–H groups in total. The van der Waals surface area contributed by atoms with Gasteiger partial charge >= 0.3 is 0 Å². The zero-order valence-corrected chi connectivity index (χ0v) is 22.3. The Morgan fingerprint density at radius 1 is 0.429 bits per heavy atom. The monoisotopic (exact) mass is 536 g/mol. The van der Waals surface area contributed by atoms with E-state index in [2.05, 4.69) is 66.7 Å². The lowest BCUT2D eigenvalue weighted by Crippen LogP contribution is -1.90. The number of nitrogens with zero attached hydrogens (tertiary/aromatic N) is 2. The van der Waals surface area contributed by atoms with Gasteiger partial charge in [0.05, 0.1) is 23.3 Å². The zero-order chi connectivity index (χ0) is 28.2. The number of para-hydroxylation sites is 4. The van der Waals surface area contributed by atoms with Crippen LogP contribution in [0.5, 0.6) is 0 Å². The predicted molar refractivity (Wildman–Crippen MR) is 167 cm³/mol. The maximum atomic E-state index is 10.0. The van der Waals surface area contributed by atoms with E-state index in [0.29, 0.717) is 11.1 Å². The molecule has 6 aromatic carbocycles. The van der Waals surface area contributed by atoms with Crippen LogP contribution in [0.2, 0.25) is 0 Å². The average Bonchev–Trinajstić information content (AvgIpc) is 3.63. The van der Waals surface area contributed by atoms with E-state index in [-0.39, 0.29) is 0 Å². The van der Waals surface area contributed by atoms with Gasteiger partial charge in [-0.15, -0.1) is 0 Å². The number of benzene rings is 6. The molecular formula is C38H20N2O2. The molecule has 4 heteroatoms. The van der Waals surface area contributed by atoms with Crippen molar-refractivity contribution < 1.29 is 8.83 Å². The van der Waals surface area contributed by atoms with Crippen molar-refractivity contribution in [2.75, 3.05) is 0 Å². The lowest BCUT2D eigenvalue weighted by Gasteiger charge is -2.13. The van der Waals surface area contributed by atoms with Gasteiger partial charge in [0.15, 0.2) is 0 Å². The summed E-state index contributed by atoms with van der Waals surface area (Å²) >= 11 is 0. The van der Waals surface area contributed by atoms with Gasteiger partial charge in [-0.05, 0) is 64.7 Å². The first-order chi connectivity index (χ1) is 20.7. The molecule has 0 unspecified atom stereocenters. The molecule has 42 heavy (non-hydrogen) atoms. The number of hydrogen-bond donors (Lipinski definition) is 0. The number of fused-ring (bicyclic) bond motifs is 6. The molecule has 0 aliphatic carbocycles. The maximum Gasteiger partial charge on any atom is 0.143 e. The fourth-order valence-electron chi connectivity index (χ4n) is 6.00. The zero-order valence-electron chi connectivity index (χ0n) is 22.3. The molecule has 2 aromatic heterocycles. The van der Waals surface area contributed by atoms with Gasteiger partial charge < -0.3 is 8.83 Å². The van der Waals surface area contributed by atoms with Gasteiger partial charge in [0, 0.05) is 32.7 Å². The van der Waals surface area contributed by atoms with Crippen LogP contribution >= 0.6 is 0 Å². The predicted octanol–water partition coefficient (Wildman–Crippen LogP) is 10.2. The molecule has 194 valence electrons. The summed E-state index contributed by atoms with van der Waals surface area (Å²) in [5, 5.41) is 23.7. The van der Waals surface area contributed by atoms with E-state index in [1.165, 1.54) is 0 Å². The van der Waals surface area contributed by atoms with E-state index in [0.717, 1.165) is 77.3 Å². The molecule has 0 aliphatic rings. The van der Waals surface area contributed by atoms with E-state index >= 15 is 0 Å². The van der Waals surface area contributed by atoms with Crippen molar-refractivity contribution in [3.05, 3.63) is 132 Å². The van der Waals surface area contributed by atoms with Crippen LogP contribution < -0.4 is 0 Å². The second kappa shape index (κ2) is 9.24. The highest BCUT2D eigenvalue weighted by Gasteiger charge is 2.18. The van der Waals surface area contributed by atoms with E-state index in [1.54, 1.807) is 12.1 Å². The second-order valence-corrected chi connectivity index (χ2v) is 10.3. The third-order valence-corrected chi connectivity index (χ3v) is 7.94. The summed E-state index contributed by atoms with van der Waals surface area (Å²) in [7, 11) is 0. The number of rotatable bonds is 3. The normalized spacial score (nSPS) is 11.3. The molecule has 0 saturated carbocycles. The standard InChI is InChI=1S/C38H20N2O2/c39-21-23-15-16-28(27(17-23)22-40)24-18-25(29-9-5-11-33-31-7-1-3-13-35(31)41-37(29)33)20-26(19-24)30-10-6-12-34-32-8-2-4-14-36(32)42-38(30)34/h1-20H. The summed E-state index contributed by atoms with van der Waals surface area (Å²) in [4.78, 5) is 0. The summed E-state index contributed by atoms with van der Waals surface area (Å²) in [6.45, 7) is 0. The van der Waals surface area contributed by atoms with Crippen LogP contribution in [0.15, 0.2) is 130 Å². The van der Waals surface area contributed by atoms with Crippen LogP contribution in [0.4, 0.5) is 0 Å². The van der Waals surface area contributed by atoms with Crippen molar-refractivity contribution in [3.8, 4) is 45.5 Å². The smallest absolute Gasteiger partial charge is 0.143 e. The molecular weight excluding hydrogens is 516 g/mol. The van der Waals surface area contributed by atoms with Crippen LogP contribution in [0.3, 0.4) is 0 Å². The minimum absolute atomic E-state index is 0.445. The van der Waals surface area contributed by atoms with Crippen molar-refractivity contribution in [2.24, 2.45) is 0 Å². The highest BCUT2D eigenvalue weighted by molar-refractivity contribution is 6.11. The molecule has 0 fully saturated rings. The van der Waals surface area contributed by atoms with Crippen molar-refractivity contribution in [3.63, 3.8) is 0 Å². The largest absolute Gasteiger partial charge is 0.455 e. The van der Waals surface area contributed by atoms with E-state index in [4.69, 9.17) is 8.83 Å². The topological polar surface area (TPSA) is 73.9 Å². The van der Waals surface area contributed by atoms with E-state index in [9.17, 15) is 10.5 Å². The highest BCUT2D eigenvalue weighted by Crippen LogP contribution is 2.42. The molecule has 0 saturated heterocycles.